The lowest BCUT2D eigenvalue weighted by atomic mass is 9.79. The maximum absolute atomic E-state index is 12.7. The van der Waals surface area contributed by atoms with E-state index < -0.39 is 0 Å². The third-order valence-electron chi connectivity index (χ3n) is 4.78. The summed E-state index contributed by atoms with van der Waals surface area (Å²) in [5.74, 6) is 0.447. The molecular weight excluding hydrogens is 264 g/mol. The van der Waals surface area contributed by atoms with Gasteiger partial charge in [0.05, 0.1) is 5.56 Å². The molecule has 2 heterocycles. The van der Waals surface area contributed by atoms with Crippen molar-refractivity contribution in [2.45, 2.75) is 51.0 Å². The molecule has 4 heteroatoms. The molecule has 112 valence electrons. The van der Waals surface area contributed by atoms with E-state index in [1.807, 2.05) is 11.0 Å². The van der Waals surface area contributed by atoms with Crippen LogP contribution in [-0.2, 0) is 4.79 Å². The zero-order valence-electron chi connectivity index (χ0n) is 12.3. The molecule has 0 radical (unpaired) electrons. The van der Waals surface area contributed by atoms with Gasteiger partial charge >= 0.3 is 0 Å². The molecule has 0 spiro atoms. The average Bonchev–Trinajstić information content (AvgIpc) is 2.55. The highest BCUT2D eigenvalue weighted by molar-refractivity contribution is 5.94. The molecular formula is C17H22N2O2. The van der Waals surface area contributed by atoms with Crippen molar-refractivity contribution in [3.05, 3.63) is 30.1 Å². The van der Waals surface area contributed by atoms with Crippen LogP contribution in [0.2, 0.25) is 0 Å². The normalized spacial score (nSPS) is 26.7. The first-order valence-corrected chi connectivity index (χ1v) is 8.01. The van der Waals surface area contributed by atoms with Gasteiger partial charge in [-0.15, -0.1) is 0 Å². The van der Waals surface area contributed by atoms with Crippen molar-refractivity contribution in [3.63, 3.8) is 0 Å². The Bertz CT molecular complexity index is 515. The number of carbonyl (C=O) groups is 2. The summed E-state index contributed by atoms with van der Waals surface area (Å²) in [6, 6.07) is 3.70. The predicted octanol–water partition coefficient (Wildman–Crippen LogP) is 2.84. The summed E-state index contributed by atoms with van der Waals surface area (Å²) in [4.78, 5) is 31.0. The SMILES string of the molecule is O=C1CCCCC1C1CCCCN1C(=O)c1cccnc1. The van der Waals surface area contributed by atoms with Gasteiger partial charge in [-0.25, -0.2) is 0 Å². The van der Waals surface area contributed by atoms with Crippen LogP contribution in [-0.4, -0.2) is 34.2 Å². The molecule has 0 bridgehead atoms. The number of rotatable bonds is 2. The lowest BCUT2D eigenvalue weighted by Crippen LogP contribution is -2.50. The first kappa shape index (κ1) is 14.2. The Labute approximate surface area is 125 Å². The quantitative estimate of drug-likeness (QED) is 0.840. The van der Waals surface area contributed by atoms with Gasteiger partial charge in [-0.3, -0.25) is 14.6 Å². The van der Waals surface area contributed by atoms with Crippen molar-refractivity contribution in [2.75, 3.05) is 6.54 Å². The fourth-order valence-electron chi connectivity index (χ4n) is 3.70. The Morgan fingerprint density at radius 2 is 2.05 bits per heavy atom. The van der Waals surface area contributed by atoms with Gasteiger partial charge in [0.25, 0.3) is 5.91 Å². The van der Waals surface area contributed by atoms with E-state index in [9.17, 15) is 9.59 Å². The second kappa shape index (κ2) is 6.37. The Hall–Kier alpha value is -1.71. The van der Waals surface area contributed by atoms with Gasteiger partial charge in [-0.2, -0.15) is 0 Å². The van der Waals surface area contributed by atoms with Gasteiger partial charge < -0.3 is 4.90 Å². The van der Waals surface area contributed by atoms with Crippen LogP contribution >= 0.6 is 0 Å². The lowest BCUT2D eigenvalue weighted by molar-refractivity contribution is -0.127. The number of pyridine rings is 1. The van der Waals surface area contributed by atoms with Gasteiger partial charge in [0.2, 0.25) is 0 Å². The standard InChI is InChI=1S/C17H22N2O2/c20-16-9-2-1-7-14(16)15-8-3-4-11-19(15)17(21)13-6-5-10-18-12-13/h5-6,10,12,14-15H,1-4,7-9,11H2. The molecule has 2 unspecified atom stereocenters. The van der Waals surface area contributed by atoms with Crippen molar-refractivity contribution in [3.8, 4) is 0 Å². The zero-order chi connectivity index (χ0) is 14.7. The van der Waals surface area contributed by atoms with Crippen LogP contribution in [0.25, 0.3) is 0 Å². The Morgan fingerprint density at radius 3 is 2.81 bits per heavy atom. The van der Waals surface area contributed by atoms with E-state index in [1.165, 1.54) is 0 Å². The number of carbonyl (C=O) groups excluding carboxylic acids is 2. The number of hydrogen-bond donors (Lipinski definition) is 0. The molecule has 1 amide bonds. The van der Waals surface area contributed by atoms with Gasteiger partial charge in [-0.05, 0) is 44.2 Å². The number of Topliss-reactive ketones (excluding diaryl/α,β-unsaturated/α-hetero) is 1. The van der Waals surface area contributed by atoms with Crippen molar-refractivity contribution in [2.24, 2.45) is 5.92 Å². The molecule has 2 fully saturated rings. The Balaban J connectivity index is 1.81. The summed E-state index contributed by atoms with van der Waals surface area (Å²) in [5, 5.41) is 0. The maximum Gasteiger partial charge on any atom is 0.255 e. The fourth-order valence-corrected chi connectivity index (χ4v) is 3.70. The minimum absolute atomic E-state index is 0.0335. The third-order valence-corrected chi connectivity index (χ3v) is 4.78. The third kappa shape index (κ3) is 2.99. The summed E-state index contributed by atoms with van der Waals surface area (Å²) >= 11 is 0. The largest absolute Gasteiger partial charge is 0.335 e. The fraction of sp³-hybridized carbons (Fsp3) is 0.588. The van der Waals surface area contributed by atoms with E-state index in [2.05, 4.69) is 4.98 Å². The Kier molecular flexibility index (Phi) is 4.32. The molecule has 1 saturated carbocycles. The number of amides is 1. The average molecular weight is 286 g/mol. The van der Waals surface area contributed by atoms with Crippen LogP contribution in [0.4, 0.5) is 0 Å². The molecule has 4 nitrogen and oxygen atoms in total. The lowest BCUT2D eigenvalue weighted by Gasteiger charge is -2.41. The monoisotopic (exact) mass is 286 g/mol. The molecule has 0 N–H and O–H groups in total. The zero-order valence-corrected chi connectivity index (χ0v) is 12.3. The van der Waals surface area contributed by atoms with Gasteiger partial charge in [0.1, 0.15) is 5.78 Å². The molecule has 2 atom stereocenters. The predicted molar refractivity (Wildman–Crippen MR) is 79.9 cm³/mol. The molecule has 2 aliphatic rings. The topological polar surface area (TPSA) is 50.3 Å². The van der Waals surface area contributed by atoms with Gasteiger partial charge in [0, 0.05) is 37.3 Å². The molecule has 1 saturated heterocycles. The molecule has 1 aliphatic carbocycles. The van der Waals surface area contributed by atoms with Gasteiger partial charge in [-0.1, -0.05) is 6.42 Å². The first-order valence-electron chi connectivity index (χ1n) is 8.01. The van der Waals surface area contributed by atoms with E-state index in [1.54, 1.807) is 18.5 Å². The Morgan fingerprint density at radius 1 is 1.19 bits per heavy atom. The van der Waals surface area contributed by atoms with Crippen molar-refractivity contribution in [1.29, 1.82) is 0 Å². The molecule has 3 rings (SSSR count). The van der Waals surface area contributed by atoms with Crippen molar-refractivity contribution >= 4 is 11.7 Å². The number of piperidine rings is 1. The van der Waals surface area contributed by atoms with E-state index in [0.29, 0.717) is 17.8 Å². The highest BCUT2D eigenvalue weighted by atomic mass is 16.2. The number of likely N-dealkylation sites (tertiary alicyclic amines) is 1. The summed E-state index contributed by atoms with van der Waals surface area (Å²) < 4.78 is 0. The van der Waals surface area contributed by atoms with E-state index in [4.69, 9.17) is 0 Å². The van der Waals surface area contributed by atoms with Crippen LogP contribution in [0.3, 0.4) is 0 Å². The van der Waals surface area contributed by atoms with Crippen LogP contribution in [0.5, 0.6) is 0 Å². The minimum Gasteiger partial charge on any atom is -0.335 e. The smallest absolute Gasteiger partial charge is 0.255 e. The van der Waals surface area contributed by atoms with Crippen molar-refractivity contribution in [1.82, 2.24) is 9.88 Å². The molecule has 0 aromatic carbocycles. The molecule has 1 aliphatic heterocycles. The second-order valence-corrected chi connectivity index (χ2v) is 6.12. The van der Waals surface area contributed by atoms with Crippen LogP contribution < -0.4 is 0 Å². The minimum atomic E-state index is 0.0335. The van der Waals surface area contributed by atoms with E-state index >= 15 is 0 Å². The van der Waals surface area contributed by atoms with Crippen molar-refractivity contribution < 1.29 is 9.59 Å². The summed E-state index contributed by atoms with van der Waals surface area (Å²) in [7, 11) is 0. The summed E-state index contributed by atoms with van der Waals surface area (Å²) in [6.45, 7) is 0.766. The number of ketones is 1. The highest BCUT2D eigenvalue weighted by Gasteiger charge is 2.37. The highest BCUT2D eigenvalue weighted by Crippen LogP contribution is 2.32. The molecule has 1 aromatic heterocycles. The summed E-state index contributed by atoms with van der Waals surface area (Å²) in [5.41, 5.74) is 0.632. The van der Waals surface area contributed by atoms with Crippen LogP contribution in [0.1, 0.15) is 55.3 Å². The maximum atomic E-state index is 12.7. The number of aromatic nitrogens is 1. The number of hydrogen-bond acceptors (Lipinski definition) is 3. The molecule has 1 aromatic rings. The second-order valence-electron chi connectivity index (χ2n) is 6.12. The summed E-state index contributed by atoms with van der Waals surface area (Å²) in [6.07, 6.45) is 10.2. The molecule has 21 heavy (non-hydrogen) atoms. The van der Waals surface area contributed by atoms with Crippen LogP contribution in [0.15, 0.2) is 24.5 Å². The first-order chi connectivity index (χ1) is 10.3. The van der Waals surface area contributed by atoms with Gasteiger partial charge in [0.15, 0.2) is 0 Å². The van der Waals surface area contributed by atoms with E-state index in [-0.39, 0.29) is 17.9 Å². The van der Waals surface area contributed by atoms with Crippen LogP contribution in [0, 0.1) is 5.92 Å². The number of nitrogens with zero attached hydrogens (tertiary/aromatic N) is 2. The van der Waals surface area contributed by atoms with E-state index in [0.717, 1.165) is 45.1 Å².